The van der Waals surface area contributed by atoms with Crippen LogP contribution < -0.4 is 15.1 Å². The predicted molar refractivity (Wildman–Crippen MR) is 124 cm³/mol. The van der Waals surface area contributed by atoms with E-state index in [1.54, 1.807) is 0 Å². The van der Waals surface area contributed by atoms with Gasteiger partial charge in [0, 0.05) is 55.7 Å². The third kappa shape index (κ3) is 4.10. The average molecular weight is 457 g/mol. The fourth-order valence-corrected chi connectivity index (χ4v) is 4.40. The molecule has 5 nitrogen and oxygen atoms in total. The van der Waals surface area contributed by atoms with Gasteiger partial charge >= 0.3 is 0 Å². The van der Waals surface area contributed by atoms with E-state index in [0.717, 1.165) is 66.8 Å². The number of aromatic nitrogens is 1. The summed E-state index contributed by atoms with van der Waals surface area (Å²) in [4.78, 5) is 8.90. The third-order valence-electron chi connectivity index (χ3n) is 5.93. The number of ether oxygens (including phenoxy) is 1. The highest BCUT2D eigenvalue weighted by Crippen LogP contribution is 2.35. The van der Waals surface area contributed by atoms with Crippen LogP contribution in [-0.4, -0.2) is 44.4 Å². The van der Waals surface area contributed by atoms with Gasteiger partial charge in [0.15, 0.2) is 0 Å². The monoisotopic (exact) mass is 456 g/mol. The average Bonchev–Trinajstić information content (AvgIpc) is 2.84. The molecular weight excluding hydrogens is 434 g/mol. The Morgan fingerprint density at radius 3 is 2.66 bits per heavy atom. The number of benzene rings is 2. The van der Waals surface area contributed by atoms with E-state index < -0.39 is 11.6 Å². The number of nitrogens with one attached hydrogen (secondary N) is 1. The van der Waals surface area contributed by atoms with Crippen LogP contribution in [0.5, 0.6) is 0 Å². The lowest BCUT2D eigenvalue weighted by molar-refractivity contribution is 0.122. The van der Waals surface area contributed by atoms with Gasteiger partial charge in [-0.05, 0) is 35.9 Å². The van der Waals surface area contributed by atoms with Crippen molar-refractivity contribution >= 4 is 28.8 Å². The lowest BCUT2D eigenvalue weighted by Crippen LogP contribution is -2.36. The van der Waals surface area contributed by atoms with Gasteiger partial charge in [0.05, 0.1) is 23.9 Å². The molecule has 0 saturated carbocycles. The summed E-state index contributed by atoms with van der Waals surface area (Å²) in [5, 5.41) is 3.11. The summed E-state index contributed by atoms with van der Waals surface area (Å²) in [7, 11) is 0. The molecular formula is C24H23ClF2N4O. The molecule has 8 heteroatoms. The predicted octanol–water partition coefficient (Wildman–Crippen LogP) is 4.95. The lowest BCUT2D eigenvalue weighted by atomic mass is 10.0. The zero-order valence-electron chi connectivity index (χ0n) is 17.5. The molecule has 2 aliphatic rings. The number of nitrogens with zero attached hydrogens (tertiary/aromatic N) is 3. The van der Waals surface area contributed by atoms with E-state index in [1.807, 2.05) is 23.2 Å². The molecule has 3 heterocycles. The summed E-state index contributed by atoms with van der Waals surface area (Å²) in [5.41, 5.74) is 4.14. The normalized spacial score (nSPS) is 16.0. The van der Waals surface area contributed by atoms with Crippen molar-refractivity contribution in [3.05, 3.63) is 70.9 Å². The van der Waals surface area contributed by atoms with Gasteiger partial charge in [-0.15, -0.1) is 0 Å². The standard InChI is InChI=1S/C24H23ClF2N4O/c25-23-19(20(26)4-5-21(23)27)15-31-7-6-28-24-22(31)13-17(14-29-24)16-2-1-3-18(12-16)30-8-10-32-11-9-30/h1-5,12-14H,6-11,15H2,(H,28,29). The summed E-state index contributed by atoms with van der Waals surface area (Å²) in [6.07, 6.45) is 1.84. The van der Waals surface area contributed by atoms with Gasteiger partial charge < -0.3 is 19.9 Å². The molecule has 1 aromatic heterocycles. The van der Waals surface area contributed by atoms with Crippen molar-refractivity contribution in [2.24, 2.45) is 0 Å². The number of hydrogen-bond acceptors (Lipinski definition) is 5. The Labute approximate surface area is 190 Å². The van der Waals surface area contributed by atoms with Crippen LogP contribution in [0.15, 0.2) is 48.7 Å². The Hall–Kier alpha value is -2.90. The molecule has 166 valence electrons. The maximum Gasteiger partial charge on any atom is 0.149 e. The van der Waals surface area contributed by atoms with Crippen LogP contribution in [-0.2, 0) is 11.3 Å². The molecule has 0 amide bonds. The number of pyridine rings is 1. The second-order valence-electron chi connectivity index (χ2n) is 7.91. The van der Waals surface area contributed by atoms with Crippen molar-refractivity contribution in [3.63, 3.8) is 0 Å². The van der Waals surface area contributed by atoms with Gasteiger partial charge in [-0.3, -0.25) is 0 Å². The van der Waals surface area contributed by atoms with Crippen LogP contribution in [0, 0.1) is 11.6 Å². The van der Waals surface area contributed by atoms with Crippen LogP contribution in [0.1, 0.15) is 5.56 Å². The fourth-order valence-electron chi connectivity index (χ4n) is 4.19. The van der Waals surface area contributed by atoms with E-state index in [2.05, 4.69) is 33.4 Å². The first-order chi connectivity index (χ1) is 15.6. The third-order valence-corrected chi connectivity index (χ3v) is 6.33. The number of fused-ring (bicyclic) bond motifs is 1. The Morgan fingerprint density at radius 1 is 1.00 bits per heavy atom. The molecule has 5 rings (SSSR count). The minimum atomic E-state index is -0.620. The summed E-state index contributed by atoms with van der Waals surface area (Å²) in [6.45, 7) is 4.62. The summed E-state index contributed by atoms with van der Waals surface area (Å²) >= 11 is 6.08. The number of halogens is 3. The molecule has 2 aliphatic heterocycles. The molecule has 0 unspecified atom stereocenters. The second-order valence-corrected chi connectivity index (χ2v) is 8.29. The first kappa shape index (κ1) is 21.0. The molecule has 0 aliphatic carbocycles. The molecule has 0 radical (unpaired) electrons. The van der Waals surface area contributed by atoms with Crippen molar-refractivity contribution in [2.75, 3.05) is 54.5 Å². The highest BCUT2D eigenvalue weighted by atomic mass is 35.5. The zero-order chi connectivity index (χ0) is 22.1. The Bertz CT molecular complexity index is 1140. The zero-order valence-corrected chi connectivity index (χ0v) is 18.2. The van der Waals surface area contributed by atoms with E-state index in [4.69, 9.17) is 16.3 Å². The van der Waals surface area contributed by atoms with E-state index in [-0.39, 0.29) is 17.1 Å². The van der Waals surface area contributed by atoms with Crippen LogP contribution in [0.3, 0.4) is 0 Å². The molecule has 1 fully saturated rings. The van der Waals surface area contributed by atoms with E-state index >= 15 is 0 Å². The Balaban J connectivity index is 1.47. The van der Waals surface area contributed by atoms with Crippen LogP contribution in [0.4, 0.5) is 26.0 Å². The van der Waals surface area contributed by atoms with Crippen molar-refractivity contribution in [1.82, 2.24) is 4.98 Å². The van der Waals surface area contributed by atoms with Crippen molar-refractivity contribution in [1.29, 1.82) is 0 Å². The van der Waals surface area contributed by atoms with E-state index in [1.165, 1.54) is 0 Å². The van der Waals surface area contributed by atoms with E-state index in [9.17, 15) is 8.78 Å². The minimum absolute atomic E-state index is 0.152. The summed E-state index contributed by atoms with van der Waals surface area (Å²) < 4.78 is 33.8. The van der Waals surface area contributed by atoms with Crippen molar-refractivity contribution < 1.29 is 13.5 Å². The lowest BCUT2D eigenvalue weighted by Gasteiger charge is -2.32. The fraction of sp³-hybridized carbons (Fsp3) is 0.292. The molecule has 1 N–H and O–H groups in total. The molecule has 3 aromatic rings. The summed E-state index contributed by atoms with van der Waals surface area (Å²) in [5.74, 6) is -0.415. The SMILES string of the molecule is Fc1ccc(F)c(CN2CCNc3ncc(-c4cccc(N5CCOCC5)c4)cc32)c1Cl. The van der Waals surface area contributed by atoms with Gasteiger partial charge in [0.2, 0.25) is 0 Å². The first-order valence-electron chi connectivity index (χ1n) is 10.6. The Morgan fingerprint density at radius 2 is 1.81 bits per heavy atom. The largest absolute Gasteiger partial charge is 0.378 e. The van der Waals surface area contributed by atoms with Crippen molar-refractivity contribution in [3.8, 4) is 11.1 Å². The van der Waals surface area contributed by atoms with Crippen LogP contribution in [0.25, 0.3) is 11.1 Å². The number of rotatable bonds is 4. The second kappa shape index (κ2) is 8.92. The number of morpholine rings is 1. The molecule has 2 aromatic carbocycles. The van der Waals surface area contributed by atoms with E-state index in [0.29, 0.717) is 13.1 Å². The quantitative estimate of drug-likeness (QED) is 0.562. The van der Waals surface area contributed by atoms with Gasteiger partial charge in [0.25, 0.3) is 0 Å². The number of anilines is 3. The smallest absolute Gasteiger partial charge is 0.149 e. The van der Waals surface area contributed by atoms with Crippen LogP contribution >= 0.6 is 11.6 Å². The van der Waals surface area contributed by atoms with Crippen LogP contribution in [0.2, 0.25) is 5.02 Å². The van der Waals surface area contributed by atoms with Gasteiger partial charge in [-0.2, -0.15) is 0 Å². The molecule has 1 saturated heterocycles. The topological polar surface area (TPSA) is 40.6 Å². The molecule has 0 spiro atoms. The highest BCUT2D eigenvalue weighted by molar-refractivity contribution is 6.31. The molecule has 0 bridgehead atoms. The first-order valence-corrected chi connectivity index (χ1v) is 11.0. The van der Waals surface area contributed by atoms with Gasteiger partial charge in [-0.25, -0.2) is 13.8 Å². The maximum atomic E-state index is 14.4. The number of hydrogen-bond donors (Lipinski definition) is 1. The maximum absolute atomic E-state index is 14.4. The summed E-state index contributed by atoms with van der Waals surface area (Å²) in [6, 6.07) is 12.5. The molecule has 32 heavy (non-hydrogen) atoms. The minimum Gasteiger partial charge on any atom is -0.378 e. The highest BCUT2D eigenvalue weighted by Gasteiger charge is 2.22. The van der Waals surface area contributed by atoms with Crippen molar-refractivity contribution in [2.45, 2.75) is 6.54 Å². The molecule has 0 atom stereocenters. The Kier molecular flexibility index (Phi) is 5.85. The van der Waals surface area contributed by atoms with Gasteiger partial charge in [-0.1, -0.05) is 23.7 Å². The van der Waals surface area contributed by atoms with Gasteiger partial charge in [0.1, 0.15) is 17.5 Å².